The van der Waals surface area contributed by atoms with Gasteiger partial charge in [0.2, 0.25) is 0 Å². The molecule has 0 radical (unpaired) electrons. The summed E-state index contributed by atoms with van der Waals surface area (Å²) in [5, 5.41) is 0. The van der Waals surface area contributed by atoms with E-state index in [-0.39, 0.29) is 0 Å². The van der Waals surface area contributed by atoms with Crippen molar-refractivity contribution in [2.24, 2.45) is 17.3 Å². The van der Waals surface area contributed by atoms with E-state index in [1.54, 1.807) is 0 Å². The van der Waals surface area contributed by atoms with Gasteiger partial charge in [-0.05, 0) is 48.0 Å². The molecule has 0 aromatic heterocycles. The molecule has 2 rings (SSSR count). The van der Waals surface area contributed by atoms with Crippen LogP contribution in [0.1, 0.15) is 25.7 Å². The third-order valence-corrected chi connectivity index (χ3v) is 4.99. The molecule has 2 saturated carbocycles. The zero-order valence-electron chi connectivity index (χ0n) is 6.79. The second-order valence-corrected chi connectivity index (χ2v) is 4.89. The molecule has 0 amide bonds. The van der Waals surface area contributed by atoms with Crippen molar-refractivity contribution in [1.29, 1.82) is 0 Å². The van der Waals surface area contributed by atoms with Crippen LogP contribution in [0.4, 0.5) is 0 Å². The topological polar surface area (TPSA) is 0 Å². The minimum Gasteiger partial charge on any atom is -0.179 e. The van der Waals surface area contributed by atoms with Gasteiger partial charge in [0, 0.05) is 0 Å². The lowest BCUT2D eigenvalue weighted by Gasteiger charge is -2.34. The van der Waals surface area contributed by atoms with Crippen LogP contribution in [0.5, 0.6) is 0 Å². The Labute approximate surface area is 80.0 Å². The molecular formula is C9H16S2. The van der Waals surface area contributed by atoms with Gasteiger partial charge in [-0.25, -0.2) is 0 Å². The van der Waals surface area contributed by atoms with Gasteiger partial charge < -0.3 is 0 Å². The van der Waals surface area contributed by atoms with Crippen LogP contribution in [-0.2, 0) is 0 Å². The van der Waals surface area contributed by atoms with Crippen molar-refractivity contribution < 1.29 is 0 Å². The molecule has 2 aliphatic carbocycles. The minimum absolute atomic E-state index is 0.523. The summed E-state index contributed by atoms with van der Waals surface area (Å²) in [6.45, 7) is 0. The summed E-state index contributed by atoms with van der Waals surface area (Å²) in [5.74, 6) is 4.09. The van der Waals surface area contributed by atoms with Gasteiger partial charge in [-0.2, -0.15) is 25.3 Å². The van der Waals surface area contributed by atoms with Crippen LogP contribution in [0, 0.1) is 17.3 Å². The van der Waals surface area contributed by atoms with E-state index in [2.05, 4.69) is 25.3 Å². The number of hydrogen-bond acceptors (Lipinski definition) is 2. The summed E-state index contributed by atoms with van der Waals surface area (Å²) in [6, 6.07) is 0. The Bertz CT molecular complexity index is 152. The zero-order chi connectivity index (χ0) is 7.90. The predicted octanol–water partition coefficient (Wildman–Crippen LogP) is 2.65. The number of hydrogen-bond donors (Lipinski definition) is 2. The Kier molecular flexibility index (Phi) is 2.17. The molecule has 0 heterocycles. The smallest absolute Gasteiger partial charge is 0.00306 e. The molecule has 0 nitrogen and oxygen atoms in total. The summed E-state index contributed by atoms with van der Waals surface area (Å²) >= 11 is 8.93. The highest BCUT2D eigenvalue weighted by atomic mass is 32.1. The fourth-order valence-corrected chi connectivity index (χ4v) is 4.17. The van der Waals surface area contributed by atoms with Gasteiger partial charge in [0.1, 0.15) is 0 Å². The lowest BCUT2D eigenvalue weighted by atomic mass is 9.76. The maximum absolute atomic E-state index is 4.47. The third kappa shape index (κ3) is 1.14. The van der Waals surface area contributed by atoms with E-state index < -0.39 is 0 Å². The molecule has 2 aliphatic rings. The van der Waals surface area contributed by atoms with E-state index >= 15 is 0 Å². The fourth-order valence-electron chi connectivity index (χ4n) is 3.00. The van der Waals surface area contributed by atoms with Crippen molar-refractivity contribution in [3.8, 4) is 0 Å². The Morgan fingerprint density at radius 2 is 1.91 bits per heavy atom. The summed E-state index contributed by atoms with van der Waals surface area (Å²) < 4.78 is 0. The number of fused-ring (bicyclic) bond motifs is 2. The molecule has 2 heteroatoms. The average molecular weight is 188 g/mol. The van der Waals surface area contributed by atoms with Crippen molar-refractivity contribution in [1.82, 2.24) is 0 Å². The Balaban J connectivity index is 2.14. The second kappa shape index (κ2) is 2.88. The molecule has 2 fully saturated rings. The fraction of sp³-hybridized carbons (Fsp3) is 1.00. The van der Waals surface area contributed by atoms with E-state index in [0.717, 1.165) is 23.3 Å². The molecule has 0 aromatic carbocycles. The maximum atomic E-state index is 4.47. The molecular weight excluding hydrogens is 172 g/mol. The van der Waals surface area contributed by atoms with E-state index in [0.29, 0.717) is 5.41 Å². The quantitative estimate of drug-likeness (QED) is 0.612. The molecule has 2 bridgehead atoms. The first kappa shape index (κ1) is 8.31. The van der Waals surface area contributed by atoms with Gasteiger partial charge in [-0.1, -0.05) is 6.42 Å². The Morgan fingerprint density at radius 3 is 2.18 bits per heavy atom. The van der Waals surface area contributed by atoms with Crippen LogP contribution in [-0.4, -0.2) is 11.5 Å². The highest BCUT2D eigenvalue weighted by Crippen LogP contribution is 2.56. The van der Waals surface area contributed by atoms with Gasteiger partial charge in [-0.3, -0.25) is 0 Å². The van der Waals surface area contributed by atoms with Crippen molar-refractivity contribution in [2.75, 3.05) is 11.5 Å². The minimum atomic E-state index is 0.523. The maximum Gasteiger partial charge on any atom is -0.00306 e. The highest BCUT2D eigenvalue weighted by Gasteiger charge is 2.48. The van der Waals surface area contributed by atoms with E-state index in [9.17, 15) is 0 Å². The molecule has 0 aliphatic heterocycles. The first-order chi connectivity index (χ1) is 5.30. The summed E-state index contributed by atoms with van der Waals surface area (Å²) in [5.41, 5.74) is 0.523. The van der Waals surface area contributed by atoms with Crippen LogP contribution in [0.25, 0.3) is 0 Å². The van der Waals surface area contributed by atoms with Crippen LogP contribution >= 0.6 is 25.3 Å². The number of rotatable bonds is 2. The van der Waals surface area contributed by atoms with Gasteiger partial charge >= 0.3 is 0 Å². The number of thiol groups is 2. The van der Waals surface area contributed by atoms with Crippen molar-refractivity contribution in [3.63, 3.8) is 0 Å². The summed E-state index contributed by atoms with van der Waals surface area (Å²) in [7, 11) is 0. The van der Waals surface area contributed by atoms with Crippen molar-refractivity contribution >= 4 is 25.3 Å². The van der Waals surface area contributed by atoms with E-state index in [4.69, 9.17) is 0 Å². The SMILES string of the molecule is SCC1(CS)CC2CCC1C2. The van der Waals surface area contributed by atoms with Crippen LogP contribution < -0.4 is 0 Å². The normalized spacial score (nSPS) is 39.8. The van der Waals surface area contributed by atoms with Gasteiger partial charge in [-0.15, -0.1) is 0 Å². The molecule has 0 N–H and O–H groups in total. The molecule has 64 valence electrons. The molecule has 11 heavy (non-hydrogen) atoms. The lowest BCUT2D eigenvalue weighted by Crippen LogP contribution is -2.31. The highest BCUT2D eigenvalue weighted by molar-refractivity contribution is 7.81. The molecule has 0 saturated heterocycles. The molecule has 2 atom stereocenters. The largest absolute Gasteiger partial charge is 0.179 e. The summed E-state index contributed by atoms with van der Waals surface area (Å²) in [6.07, 6.45) is 5.81. The third-order valence-electron chi connectivity index (χ3n) is 3.73. The standard InChI is InChI=1S/C9H16S2/c10-5-9(6-11)4-7-1-2-8(9)3-7/h7-8,10-11H,1-6H2. The van der Waals surface area contributed by atoms with Crippen molar-refractivity contribution in [2.45, 2.75) is 25.7 Å². The van der Waals surface area contributed by atoms with E-state index in [1.165, 1.54) is 25.7 Å². The first-order valence-electron chi connectivity index (χ1n) is 4.52. The van der Waals surface area contributed by atoms with Crippen LogP contribution in [0.15, 0.2) is 0 Å². The Morgan fingerprint density at radius 1 is 1.18 bits per heavy atom. The molecule has 0 spiro atoms. The van der Waals surface area contributed by atoms with E-state index in [1.807, 2.05) is 0 Å². The monoisotopic (exact) mass is 188 g/mol. The van der Waals surface area contributed by atoms with Crippen LogP contribution in [0.2, 0.25) is 0 Å². The molecule has 2 unspecified atom stereocenters. The predicted molar refractivity (Wildman–Crippen MR) is 55.6 cm³/mol. The van der Waals surface area contributed by atoms with Gasteiger partial charge in [0.25, 0.3) is 0 Å². The van der Waals surface area contributed by atoms with Gasteiger partial charge in [0.15, 0.2) is 0 Å². The zero-order valence-corrected chi connectivity index (χ0v) is 8.58. The van der Waals surface area contributed by atoms with Crippen molar-refractivity contribution in [3.05, 3.63) is 0 Å². The average Bonchev–Trinajstić information content (AvgIpc) is 2.62. The molecule has 0 aromatic rings. The first-order valence-corrected chi connectivity index (χ1v) is 5.79. The lowest BCUT2D eigenvalue weighted by molar-refractivity contribution is 0.232. The summed E-state index contributed by atoms with van der Waals surface area (Å²) in [4.78, 5) is 0. The second-order valence-electron chi connectivity index (χ2n) is 4.26. The van der Waals surface area contributed by atoms with Gasteiger partial charge in [0.05, 0.1) is 0 Å². The van der Waals surface area contributed by atoms with Crippen LogP contribution in [0.3, 0.4) is 0 Å². The Hall–Kier alpha value is 0.700.